The number of carbonyl (C=O) groups is 1. The van der Waals surface area contributed by atoms with Crippen molar-refractivity contribution in [3.8, 4) is 0 Å². The molecule has 0 unspecified atom stereocenters. The van der Waals surface area contributed by atoms with Gasteiger partial charge in [-0.3, -0.25) is 9.69 Å². The Hall–Kier alpha value is -0.560. The van der Waals surface area contributed by atoms with Crippen molar-refractivity contribution in [1.82, 2.24) is 9.80 Å². The fourth-order valence-corrected chi connectivity index (χ4v) is 3.20. The maximum Gasteiger partial charge on any atom is 0.233 e. The number of amides is 1. The van der Waals surface area contributed by atoms with E-state index >= 15 is 0 Å². The highest BCUT2D eigenvalue weighted by atomic mass is 79.9. The minimum absolute atomic E-state index is 0.188. The van der Waals surface area contributed by atoms with Crippen LogP contribution in [0.1, 0.15) is 0 Å². The second-order valence-corrected chi connectivity index (χ2v) is 6.65. The van der Waals surface area contributed by atoms with Gasteiger partial charge in [-0.15, -0.1) is 11.8 Å². The van der Waals surface area contributed by atoms with E-state index in [-0.39, 0.29) is 12.5 Å². The van der Waals surface area contributed by atoms with Crippen molar-refractivity contribution in [3.05, 3.63) is 28.7 Å². The zero-order valence-corrected chi connectivity index (χ0v) is 13.7. The Morgan fingerprint density at radius 2 is 1.85 bits per heavy atom. The molecular weight excluding hydrogens is 340 g/mol. The molecule has 110 valence electrons. The summed E-state index contributed by atoms with van der Waals surface area (Å²) >= 11 is 4.98. The van der Waals surface area contributed by atoms with Crippen LogP contribution in [0.3, 0.4) is 0 Å². The summed E-state index contributed by atoms with van der Waals surface area (Å²) in [6.07, 6.45) is 0. The highest BCUT2D eigenvalue weighted by Crippen LogP contribution is 2.21. The third kappa shape index (κ3) is 4.77. The van der Waals surface area contributed by atoms with Gasteiger partial charge in [-0.1, -0.05) is 15.9 Å². The molecule has 0 aromatic heterocycles. The van der Waals surface area contributed by atoms with Gasteiger partial charge < -0.3 is 10.0 Å². The molecule has 0 spiro atoms. The van der Waals surface area contributed by atoms with E-state index in [0.717, 1.165) is 35.5 Å². The number of hydrogen-bond acceptors (Lipinski definition) is 4. The number of aliphatic hydroxyl groups excluding tert-OH is 1. The monoisotopic (exact) mass is 358 g/mol. The lowest BCUT2D eigenvalue weighted by atomic mass is 10.3. The predicted molar refractivity (Wildman–Crippen MR) is 85.0 cm³/mol. The van der Waals surface area contributed by atoms with Crippen LogP contribution in [0.5, 0.6) is 0 Å². The Bertz CT molecular complexity index is 433. The maximum atomic E-state index is 12.1. The molecular formula is C14H19BrN2O2S. The Labute approximate surface area is 132 Å². The van der Waals surface area contributed by atoms with E-state index in [0.29, 0.717) is 12.3 Å². The number of halogens is 1. The number of thioether (sulfide) groups is 1. The Balaban J connectivity index is 1.74. The van der Waals surface area contributed by atoms with E-state index in [9.17, 15) is 4.79 Å². The van der Waals surface area contributed by atoms with Crippen molar-refractivity contribution in [2.45, 2.75) is 4.90 Å². The van der Waals surface area contributed by atoms with Crippen LogP contribution in [0.25, 0.3) is 0 Å². The first-order valence-corrected chi connectivity index (χ1v) is 8.46. The van der Waals surface area contributed by atoms with Gasteiger partial charge in [-0.05, 0) is 24.3 Å². The molecule has 1 aromatic carbocycles. The van der Waals surface area contributed by atoms with Crippen LogP contribution in [-0.4, -0.2) is 65.9 Å². The minimum Gasteiger partial charge on any atom is -0.395 e. The summed E-state index contributed by atoms with van der Waals surface area (Å²) in [5, 5.41) is 8.89. The van der Waals surface area contributed by atoms with E-state index in [1.165, 1.54) is 0 Å². The number of aliphatic hydroxyl groups is 1. The third-order valence-corrected chi connectivity index (χ3v) is 4.84. The zero-order chi connectivity index (χ0) is 14.4. The van der Waals surface area contributed by atoms with Crippen molar-refractivity contribution in [3.63, 3.8) is 0 Å². The van der Waals surface area contributed by atoms with Crippen LogP contribution in [0.4, 0.5) is 0 Å². The molecule has 20 heavy (non-hydrogen) atoms. The summed E-state index contributed by atoms with van der Waals surface area (Å²) in [6.45, 7) is 4.13. The van der Waals surface area contributed by atoms with E-state index in [1.54, 1.807) is 11.8 Å². The molecule has 1 fully saturated rings. The lowest BCUT2D eigenvalue weighted by molar-refractivity contribution is -0.130. The van der Waals surface area contributed by atoms with Gasteiger partial charge >= 0.3 is 0 Å². The van der Waals surface area contributed by atoms with Crippen LogP contribution in [0.2, 0.25) is 0 Å². The normalized spacial score (nSPS) is 16.4. The van der Waals surface area contributed by atoms with Crippen molar-refractivity contribution in [2.24, 2.45) is 0 Å². The van der Waals surface area contributed by atoms with Gasteiger partial charge in [0, 0.05) is 42.1 Å². The van der Waals surface area contributed by atoms with Crippen LogP contribution in [0.15, 0.2) is 33.6 Å². The van der Waals surface area contributed by atoms with Crippen molar-refractivity contribution in [2.75, 3.05) is 45.1 Å². The second kappa shape index (κ2) is 8.02. The molecule has 1 amide bonds. The highest BCUT2D eigenvalue weighted by molar-refractivity contribution is 9.10. The smallest absolute Gasteiger partial charge is 0.233 e. The number of rotatable bonds is 5. The summed E-state index contributed by atoms with van der Waals surface area (Å²) in [6, 6.07) is 8.00. The summed E-state index contributed by atoms with van der Waals surface area (Å²) in [7, 11) is 0. The van der Waals surface area contributed by atoms with Crippen LogP contribution < -0.4 is 0 Å². The van der Waals surface area contributed by atoms with E-state index in [4.69, 9.17) is 5.11 Å². The van der Waals surface area contributed by atoms with Gasteiger partial charge in [0.2, 0.25) is 5.91 Å². The Morgan fingerprint density at radius 3 is 2.45 bits per heavy atom. The maximum absolute atomic E-state index is 12.1. The van der Waals surface area contributed by atoms with Crippen molar-refractivity contribution < 1.29 is 9.90 Å². The van der Waals surface area contributed by atoms with E-state index in [1.807, 2.05) is 29.2 Å². The average molecular weight is 359 g/mol. The topological polar surface area (TPSA) is 43.8 Å². The molecule has 1 aliphatic rings. The van der Waals surface area contributed by atoms with Crippen molar-refractivity contribution >= 4 is 33.6 Å². The van der Waals surface area contributed by atoms with Crippen LogP contribution in [0, 0.1) is 0 Å². The fourth-order valence-electron chi connectivity index (χ4n) is 2.13. The largest absolute Gasteiger partial charge is 0.395 e. The first-order chi connectivity index (χ1) is 9.69. The average Bonchev–Trinajstić information content (AvgIpc) is 2.47. The number of piperazine rings is 1. The highest BCUT2D eigenvalue weighted by Gasteiger charge is 2.20. The molecule has 1 heterocycles. The fraction of sp³-hybridized carbons (Fsp3) is 0.500. The van der Waals surface area contributed by atoms with Crippen LogP contribution in [-0.2, 0) is 4.79 Å². The number of carbonyl (C=O) groups excluding carboxylic acids is 1. The molecule has 1 N–H and O–H groups in total. The van der Waals surface area contributed by atoms with Gasteiger partial charge in [0.05, 0.1) is 12.4 Å². The molecule has 6 heteroatoms. The summed E-state index contributed by atoms with van der Waals surface area (Å²) in [5.74, 6) is 0.684. The molecule has 0 bridgehead atoms. The van der Waals surface area contributed by atoms with E-state index < -0.39 is 0 Å². The first-order valence-electron chi connectivity index (χ1n) is 6.68. The number of benzene rings is 1. The molecule has 1 aliphatic heterocycles. The molecule has 1 saturated heterocycles. The lowest BCUT2D eigenvalue weighted by Gasteiger charge is -2.34. The number of nitrogens with zero attached hydrogens (tertiary/aromatic N) is 2. The summed E-state index contributed by atoms with van der Waals surface area (Å²) < 4.78 is 1.05. The molecule has 0 atom stereocenters. The minimum atomic E-state index is 0.188. The first kappa shape index (κ1) is 15.8. The van der Waals surface area contributed by atoms with Gasteiger partial charge in [0.25, 0.3) is 0 Å². The molecule has 0 saturated carbocycles. The molecule has 2 rings (SSSR count). The molecule has 1 aromatic rings. The summed E-state index contributed by atoms with van der Waals surface area (Å²) in [5.41, 5.74) is 0. The van der Waals surface area contributed by atoms with Gasteiger partial charge in [0.15, 0.2) is 0 Å². The lowest BCUT2D eigenvalue weighted by Crippen LogP contribution is -2.49. The Morgan fingerprint density at radius 1 is 1.20 bits per heavy atom. The van der Waals surface area contributed by atoms with Crippen LogP contribution >= 0.6 is 27.7 Å². The standard InChI is InChI=1S/C14H19BrN2O2S/c15-12-1-3-13(4-2-12)20-11-14(19)17-7-5-16(6-8-17)9-10-18/h1-4,18H,5-11H2. The predicted octanol–water partition coefficient (Wildman–Crippen LogP) is 1.68. The summed E-state index contributed by atoms with van der Waals surface area (Å²) in [4.78, 5) is 17.3. The molecule has 0 aliphatic carbocycles. The van der Waals surface area contributed by atoms with Gasteiger partial charge in [-0.25, -0.2) is 0 Å². The zero-order valence-electron chi connectivity index (χ0n) is 11.3. The SMILES string of the molecule is O=C(CSc1ccc(Br)cc1)N1CCN(CCO)CC1. The quantitative estimate of drug-likeness (QED) is 0.813. The molecule has 0 radical (unpaired) electrons. The van der Waals surface area contributed by atoms with Gasteiger partial charge in [-0.2, -0.15) is 0 Å². The van der Waals surface area contributed by atoms with E-state index in [2.05, 4.69) is 20.8 Å². The van der Waals surface area contributed by atoms with Crippen molar-refractivity contribution in [1.29, 1.82) is 0 Å². The third-order valence-electron chi connectivity index (χ3n) is 3.32. The second-order valence-electron chi connectivity index (χ2n) is 4.69. The molecule has 4 nitrogen and oxygen atoms in total. The number of β-amino-alcohol motifs (C(OH)–C–C–N with tert-alkyl or cyclic N) is 1. The van der Waals surface area contributed by atoms with Gasteiger partial charge in [0.1, 0.15) is 0 Å². The number of hydrogen-bond donors (Lipinski definition) is 1. The Kier molecular flexibility index (Phi) is 6.35.